The highest BCUT2D eigenvalue weighted by Crippen LogP contribution is 2.57. The first-order valence-corrected chi connectivity index (χ1v) is 6.46. The van der Waals surface area contributed by atoms with Gasteiger partial charge in [-0.15, -0.1) is 13.2 Å². The van der Waals surface area contributed by atoms with Crippen molar-refractivity contribution in [1.82, 2.24) is 0 Å². The quantitative estimate of drug-likeness (QED) is 0.891. The molecule has 0 aliphatic heterocycles. The van der Waals surface area contributed by atoms with Crippen LogP contribution in [0.4, 0.5) is 13.2 Å². The molecule has 2 aliphatic carbocycles. The third-order valence-electron chi connectivity index (χ3n) is 4.40. The number of ether oxygens (including phenoxy) is 1. The molecule has 2 saturated carbocycles. The number of alkyl halides is 3. The van der Waals surface area contributed by atoms with Crippen molar-refractivity contribution in [1.29, 1.82) is 0 Å². The van der Waals surface area contributed by atoms with Crippen molar-refractivity contribution in [3.05, 3.63) is 29.8 Å². The van der Waals surface area contributed by atoms with Crippen molar-refractivity contribution in [2.75, 3.05) is 0 Å². The Balaban J connectivity index is 1.97. The summed E-state index contributed by atoms with van der Waals surface area (Å²) in [6.45, 7) is 0. The van der Waals surface area contributed by atoms with E-state index in [0.717, 1.165) is 19.3 Å². The van der Waals surface area contributed by atoms with Crippen molar-refractivity contribution in [3.63, 3.8) is 0 Å². The molecule has 0 amide bonds. The molecule has 0 saturated heterocycles. The predicted molar refractivity (Wildman–Crippen MR) is 62.5 cm³/mol. The van der Waals surface area contributed by atoms with Gasteiger partial charge in [-0.3, -0.25) is 0 Å². The second-order valence-electron chi connectivity index (χ2n) is 5.55. The molecule has 3 unspecified atom stereocenters. The van der Waals surface area contributed by atoms with Crippen LogP contribution in [0.15, 0.2) is 24.3 Å². The lowest BCUT2D eigenvalue weighted by Crippen LogP contribution is -2.33. The molecule has 0 heterocycles. The van der Waals surface area contributed by atoms with Gasteiger partial charge in [0.25, 0.3) is 0 Å². The number of fused-ring (bicyclic) bond motifs is 2. The Morgan fingerprint density at radius 1 is 1.21 bits per heavy atom. The van der Waals surface area contributed by atoms with Crippen molar-refractivity contribution in [2.45, 2.75) is 37.6 Å². The molecule has 0 aromatic heterocycles. The molecular weight excluding hydrogens is 257 g/mol. The van der Waals surface area contributed by atoms with Crippen LogP contribution >= 0.6 is 0 Å². The second kappa shape index (κ2) is 4.13. The SMILES string of the molecule is OC1(c2ccccc2OC(F)(F)F)CC2CCC1C2. The van der Waals surface area contributed by atoms with Crippen LogP contribution in [0.5, 0.6) is 5.75 Å². The lowest BCUT2D eigenvalue weighted by Gasteiger charge is -2.34. The van der Waals surface area contributed by atoms with E-state index in [1.165, 1.54) is 12.1 Å². The molecule has 2 nitrogen and oxygen atoms in total. The van der Waals surface area contributed by atoms with Gasteiger partial charge in [0.15, 0.2) is 0 Å². The molecule has 1 aromatic rings. The van der Waals surface area contributed by atoms with Gasteiger partial charge in [0.05, 0.1) is 5.60 Å². The summed E-state index contributed by atoms with van der Waals surface area (Å²) in [6, 6.07) is 5.94. The minimum Gasteiger partial charge on any atom is -0.405 e. The molecule has 0 spiro atoms. The molecule has 3 atom stereocenters. The van der Waals surface area contributed by atoms with Crippen LogP contribution < -0.4 is 4.74 Å². The molecule has 104 valence electrons. The number of para-hydroxylation sites is 1. The summed E-state index contributed by atoms with van der Waals surface area (Å²) in [6.07, 6.45) is -1.35. The van der Waals surface area contributed by atoms with Crippen LogP contribution in [0.2, 0.25) is 0 Å². The average Bonchev–Trinajstić information content (AvgIpc) is 2.87. The fraction of sp³-hybridized carbons (Fsp3) is 0.571. The van der Waals surface area contributed by atoms with Gasteiger partial charge in [-0.25, -0.2) is 0 Å². The molecule has 1 aromatic carbocycles. The minimum absolute atomic E-state index is 0.0514. The molecule has 2 bridgehead atoms. The Bertz CT molecular complexity index is 486. The highest BCUT2D eigenvalue weighted by atomic mass is 19.4. The maximum atomic E-state index is 12.4. The zero-order chi connectivity index (χ0) is 13.7. The fourth-order valence-electron chi connectivity index (χ4n) is 3.67. The summed E-state index contributed by atoms with van der Waals surface area (Å²) in [5, 5.41) is 10.8. The van der Waals surface area contributed by atoms with Crippen LogP contribution in [0, 0.1) is 11.8 Å². The van der Waals surface area contributed by atoms with Crippen molar-refractivity contribution in [3.8, 4) is 5.75 Å². The van der Waals surface area contributed by atoms with Crippen molar-refractivity contribution in [2.24, 2.45) is 11.8 Å². The van der Waals surface area contributed by atoms with E-state index in [-0.39, 0.29) is 17.2 Å². The smallest absolute Gasteiger partial charge is 0.405 e. The lowest BCUT2D eigenvalue weighted by atomic mass is 9.78. The van der Waals surface area contributed by atoms with Crippen LogP contribution in [0.1, 0.15) is 31.2 Å². The predicted octanol–water partition coefficient (Wildman–Crippen LogP) is 3.59. The van der Waals surface area contributed by atoms with E-state index < -0.39 is 12.0 Å². The molecule has 19 heavy (non-hydrogen) atoms. The number of halogens is 3. The average molecular weight is 272 g/mol. The van der Waals surface area contributed by atoms with Gasteiger partial charge in [-0.2, -0.15) is 0 Å². The molecule has 5 heteroatoms. The Morgan fingerprint density at radius 2 is 1.95 bits per heavy atom. The molecular formula is C14H15F3O2. The number of benzene rings is 1. The van der Waals surface area contributed by atoms with E-state index in [9.17, 15) is 18.3 Å². The van der Waals surface area contributed by atoms with Gasteiger partial charge in [-0.05, 0) is 43.6 Å². The molecule has 3 rings (SSSR count). The summed E-state index contributed by atoms with van der Waals surface area (Å²) >= 11 is 0. The van der Waals surface area contributed by atoms with Gasteiger partial charge in [0.1, 0.15) is 5.75 Å². The standard InChI is InChI=1S/C14H15F3O2/c15-14(16,17)19-12-4-2-1-3-11(12)13(18)8-9-5-6-10(13)7-9/h1-4,9-10,18H,5-8H2. The largest absolute Gasteiger partial charge is 0.573 e. The topological polar surface area (TPSA) is 29.5 Å². The highest BCUT2D eigenvalue weighted by molar-refractivity contribution is 5.40. The minimum atomic E-state index is -4.73. The van der Waals surface area contributed by atoms with E-state index in [1.807, 2.05) is 0 Å². The Morgan fingerprint density at radius 3 is 2.53 bits per heavy atom. The summed E-state index contributed by atoms with van der Waals surface area (Å²) in [7, 11) is 0. The van der Waals surface area contributed by atoms with Crippen molar-refractivity contribution >= 4 is 0 Å². The third kappa shape index (κ3) is 2.20. The Kier molecular flexibility index (Phi) is 2.78. The van der Waals surface area contributed by atoms with Crippen molar-refractivity contribution < 1.29 is 23.0 Å². The van der Waals surface area contributed by atoms with Crippen LogP contribution in [-0.4, -0.2) is 11.5 Å². The summed E-state index contributed by atoms with van der Waals surface area (Å²) in [5.74, 6) is 0.203. The van der Waals surface area contributed by atoms with E-state index in [4.69, 9.17) is 0 Å². The Labute approximate surface area is 109 Å². The molecule has 0 radical (unpaired) electrons. The van der Waals surface area contributed by atoms with Crippen LogP contribution in [0.3, 0.4) is 0 Å². The Hall–Kier alpha value is -1.23. The van der Waals surface area contributed by atoms with E-state index in [1.54, 1.807) is 12.1 Å². The van der Waals surface area contributed by atoms with Gasteiger partial charge < -0.3 is 9.84 Å². The highest BCUT2D eigenvalue weighted by Gasteiger charge is 2.52. The number of aliphatic hydroxyl groups is 1. The van der Waals surface area contributed by atoms with E-state index in [0.29, 0.717) is 12.3 Å². The first-order chi connectivity index (χ1) is 8.88. The van der Waals surface area contributed by atoms with Gasteiger partial charge in [0.2, 0.25) is 0 Å². The third-order valence-corrected chi connectivity index (χ3v) is 4.40. The fourth-order valence-corrected chi connectivity index (χ4v) is 3.67. The summed E-state index contributed by atoms with van der Waals surface area (Å²) < 4.78 is 41.3. The van der Waals surface area contributed by atoms with Crippen LogP contribution in [-0.2, 0) is 5.60 Å². The summed E-state index contributed by atoms with van der Waals surface area (Å²) in [5.41, 5.74) is -0.885. The lowest BCUT2D eigenvalue weighted by molar-refractivity contribution is -0.275. The van der Waals surface area contributed by atoms with Gasteiger partial charge in [-0.1, -0.05) is 18.2 Å². The first-order valence-electron chi connectivity index (χ1n) is 6.46. The van der Waals surface area contributed by atoms with E-state index >= 15 is 0 Å². The number of hydrogen-bond donors (Lipinski definition) is 1. The van der Waals surface area contributed by atoms with Gasteiger partial charge >= 0.3 is 6.36 Å². The first kappa shape index (κ1) is 12.8. The molecule has 2 aliphatic rings. The zero-order valence-electron chi connectivity index (χ0n) is 10.3. The number of hydrogen-bond acceptors (Lipinski definition) is 2. The normalized spacial score (nSPS) is 33.7. The number of rotatable bonds is 2. The maximum absolute atomic E-state index is 12.4. The monoisotopic (exact) mass is 272 g/mol. The molecule has 2 fully saturated rings. The second-order valence-corrected chi connectivity index (χ2v) is 5.55. The zero-order valence-corrected chi connectivity index (χ0v) is 10.3. The maximum Gasteiger partial charge on any atom is 0.573 e. The summed E-state index contributed by atoms with van der Waals surface area (Å²) in [4.78, 5) is 0. The van der Waals surface area contributed by atoms with E-state index in [2.05, 4.69) is 4.74 Å². The van der Waals surface area contributed by atoms with Gasteiger partial charge in [0, 0.05) is 5.56 Å². The van der Waals surface area contributed by atoms with Crippen LogP contribution in [0.25, 0.3) is 0 Å². The molecule has 1 N–H and O–H groups in total.